The molecule has 1 aliphatic heterocycles. The van der Waals surface area contributed by atoms with Crippen LogP contribution in [0.25, 0.3) is 0 Å². The van der Waals surface area contributed by atoms with Gasteiger partial charge in [-0.2, -0.15) is 0 Å². The van der Waals surface area contributed by atoms with Gasteiger partial charge in [-0.1, -0.05) is 18.6 Å². The van der Waals surface area contributed by atoms with Crippen LogP contribution in [-0.2, 0) is 0 Å². The molecule has 2 aliphatic rings. The molecule has 3 rings (SSSR count). The number of nitrogens with zero attached hydrogens (tertiary/aromatic N) is 2. The maximum Gasteiger partial charge on any atom is 0.194 e. The molecule has 0 aromatic heterocycles. The summed E-state index contributed by atoms with van der Waals surface area (Å²) in [4.78, 5) is 7.01. The minimum absolute atomic E-state index is 0.260. The van der Waals surface area contributed by atoms with E-state index in [-0.39, 0.29) is 6.61 Å². The monoisotopic (exact) mass is 345 g/mol. The van der Waals surface area contributed by atoms with Gasteiger partial charge in [-0.3, -0.25) is 4.99 Å². The number of aliphatic imine (C=N–C) groups is 1. The highest BCUT2D eigenvalue weighted by Gasteiger charge is 2.43. The van der Waals surface area contributed by atoms with Crippen molar-refractivity contribution in [1.29, 1.82) is 0 Å². The highest BCUT2D eigenvalue weighted by molar-refractivity contribution is 5.80. The molecule has 0 bridgehead atoms. The predicted octanol–water partition coefficient (Wildman–Crippen LogP) is 2.58. The zero-order valence-corrected chi connectivity index (χ0v) is 15.5. The van der Waals surface area contributed by atoms with Gasteiger partial charge in [0.2, 0.25) is 0 Å². The number of nitrogens with one attached hydrogen (secondary N) is 1. The van der Waals surface area contributed by atoms with Gasteiger partial charge < -0.3 is 20.1 Å². The van der Waals surface area contributed by atoms with Crippen LogP contribution in [-0.4, -0.2) is 54.9 Å². The largest absolute Gasteiger partial charge is 0.491 e. The molecule has 1 aliphatic carbocycles. The van der Waals surface area contributed by atoms with Gasteiger partial charge in [-0.05, 0) is 56.2 Å². The van der Waals surface area contributed by atoms with Gasteiger partial charge in [0.1, 0.15) is 18.5 Å². The van der Waals surface area contributed by atoms with Crippen molar-refractivity contribution in [2.75, 3.05) is 32.8 Å². The van der Waals surface area contributed by atoms with Crippen molar-refractivity contribution in [2.45, 2.75) is 45.6 Å². The standard InChI is InChI=1S/C20H31N3O2/c1-3-21-19(23-11-10-20(15-23)8-5-9-20)22-13-17(24)14-25-18-7-4-6-16(2)12-18/h4,6-7,12,17,24H,3,5,8-11,13-15H2,1-2H3,(H,21,22). The molecule has 1 heterocycles. The van der Waals surface area contributed by atoms with Gasteiger partial charge in [0, 0.05) is 19.6 Å². The molecule has 1 unspecified atom stereocenters. The van der Waals surface area contributed by atoms with E-state index in [9.17, 15) is 5.11 Å². The lowest BCUT2D eigenvalue weighted by atomic mass is 9.68. The summed E-state index contributed by atoms with van der Waals surface area (Å²) in [6.07, 6.45) is 4.76. The van der Waals surface area contributed by atoms with Gasteiger partial charge in [-0.15, -0.1) is 0 Å². The first-order chi connectivity index (χ1) is 12.1. The molecule has 1 spiro atoms. The fourth-order valence-corrected chi connectivity index (χ4v) is 3.77. The minimum atomic E-state index is -0.602. The number of ether oxygens (including phenoxy) is 1. The van der Waals surface area contributed by atoms with Gasteiger partial charge in [0.05, 0.1) is 6.54 Å². The van der Waals surface area contributed by atoms with E-state index in [0.717, 1.165) is 36.9 Å². The lowest BCUT2D eigenvalue weighted by molar-refractivity contribution is 0.114. The third kappa shape index (κ3) is 4.66. The molecule has 1 aromatic rings. The number of aryl methyl sites for hydroxylation is 1. The van der Waals surface area contributed by atoms with Crippen molar-refractivity contribution in [2.24, 2.45) is 10.4 Å². The van der Waals surface area contributed by atoms with E-state index >= 15 is 0 Å². The molecule has 5 heteroatoms. The summed E-state index contributed by atoms with van der Waals surface area (Å²) < 4.78 is 5.67. The van der Waals surface area contributed by atoms with E-state index in [4.69, 9.17) is 4.74 Å². The Hall–Kier alpha value is -1.75. The second-order valence-corrected chi connectivity index (χ2v) is 7.50. The Bertz CT molecular complexity index is 598. The molecule has 1 aromatic carbocycles. The molecule has 1 atom stereocenters. The van der Waals surface area contributed by atoms with Crippen LogP contribution in [0.3, 0.4) is 0 Å². The molecule has 1 saturated carbocycles. The van der Waals surface area contributed by atoms with E-state index in [1.165, 1.54) is 25.7 Å². The van der Waals surface area contributed by atoms with Crippen molar-refractivity contribution in [3.8, 4) is 5.75 Å². The zero-order chi connectivity index (χ0) is 17.7. The number of hydrogen-bond acceptors (Lipinski definition) is 3. The number of aliphatic hydroxyl groups excluding tert-OH is 1. The number of benzene rings is 1. The summed E-state index contributed by atoms with van der Waals surface area (Å²) in [5.74, 6) is 1.72. The lowest BCUT2D eigenvalue weighted by Crippen LogP contribution is -2.43. The highest BCUT2D eigenvalue weighted by atomic mass is 16.5. The molecule has 138 valence electrons. The van der Waals surface area contributed by atoms with Gasteiger partial charge in [0.25, 0.3) is 0 Å². The van der Waals surface area contributed by atoms with E-state index in [1.807, 2.05) is 31.2 Å². The zero-order valence-electron chi connectivity index (χ0n) is 15.5. The number of guanidine groups is 1. The Morgan fingerprint density at radius 2 is 2.24 bits per heavy atom. The van der Waals surface area contributed by atoms with Crippen LogP contribution in [0, 0.1) is 12.3 Å². The van der Waals surface area contributed by atoms with E-state index in [1.54, 1.807) is 0 Å². The summed E-state index contributed by atoms with van der Waals surface area (Å²) in [6.45, 7) is 7.76. The first kappa shape index (κ1) is 18.1. The maximum absolute atomic E-state index is 10.2. The summed E-state index contributed by atoms with van der Waals surface area (Å²) in [5, 5.41) is 13.6. The second-order valence-electron chi connectivity index (χ2n) is 7.50. The van der Waals surface area contributed by atoms with Crippen LogP contribution in [0.5, 0.6) is 5.75 Å². The summed E-state index contributed by atoms with van der Waals surface area (Å²) in [6, 6.07) is 7.88. The van der Waals surface area contributed by atoms with E-state index < -0.39 is 6.10 Å². The molecule has 2 N–H and O–H groups in total. The lowest BCUT2D eigenvalue weighted by Gasteiger charge is -2.38. The van der Waals surface area contributed by atoms with Gasteiger partial charge >= 0.3 is 0 Å². The normalized spacial score (nSPS) is 20.4. The molecular weight excluding hydrogens is 314 g/mol. The van der Waals surface area contributed by atoms with E-state index in [2.05, 4.69) is 22.1 Å². The van der Waals surface area contributed by atoms with Crippen LogP contribution in [0.4, 0.5) is 0 Å². The van der Waals surface area contributed by atoms with Gasteiger partial charge in [0.15, 0.2) is 5.96 Å². The van der Waals surface area contributed by atoms with Crippen molar-refractivity contribution >= 4 is 5.96 Å². The van der Waals surface area contributed by atoms with Crippen LogP contribution >= 0.6 is 0 Å². The molecule has 25 heavy (non-hydrogen) atoms. The Morgan fingerprint density at radius 1 is 1.40 bits per heavy atom. The third-order valence-corrected chi connectivity index (χ3v) is 5.37. The topological polar surface area (TPSA) is 57.1 Å². The van der Waals surface area contributed by atoms with Crippen LogP contribution in [0.1, 0.15) is 38.2 Å². The maximum atomic E-state index is 10.2. The molecule has 2 fully saturated rings. The Balaban J connectivity index is 1.50. The predicted molar refractivity (Wildman–Crippen MR) is 101 cm³/mol. The smallest absolute Gasteiger partial charge is 0.194 e. The van der Waals surface area contributed by atoms with Gasteiger partial charge in [-0.25, -0.2) is 0 Å². The fraction of sp³-hybridized carbons (Fsp3) is 0.650. The quantitative estimate of drug-likeness (QED) is 0.615. The van der Waals surface area contributed by atoms with Crippen LogP contribution < -0.4 is 10.1 Å². The number of likely N-dealkylation sites (tertiary alicyclic amines) is 1. The molecule has 0 amide bonds. The average molecular weight is 345 g/mol. The molecule has 5 nitrogen and oxygen atoms in total. The van der Waals surface area contributed by atoms with Crippen molar-refractivity contribution < 1.29 is 9.84 Å². The number of hydrogen-bond donors (Lipinski definition) is 2. The molecule has 0 radical (unpaired) electrons. The molecular formula is C20H31N3O2. The van der Waals surface area contributed by atoms with Crippen molar-refractivity contribution in [3.05, 3.63) is 29.8 Å². The van der Waals surface area contributed by atoms with Crippen LogP contribution in [0.15, 0.2) is 29.3 Å². The number of aliphatic hydroxyl groups is 1. The Labute approximate surface area is 151 Å². The van der Waals surface area contributed by atoms with Crippen molar-refractivity contribution in [1.82, 2.24) is 10.2 Å². The fourth-order valence-electron chi connectivity index (χ4n) is 3.77. The Kier molecular flexibility index (Phi) is 5.84. The molecule has 1 saturated heterocycles. The van der Waals surface area contributed by atoms with E-state index in [0.29, 0.717) is 12.0 Å². The highest BCUT2D eigenvalue weighted by Crippen LogP contribution is 2.47. The van der Waals surface area contributed by atoms with Crippen molar-refractivity contribution in [3.63, 3.8) is 0 Å². The summed E-state index contributed by atoms with van der Waals surface area (Å²) >= 11 is 0. The summed E-state index contributed by atoms with van der Waals surface area (Å²) in [5.41, 5.74) is 1.70. The van der Waals surface area contributed by atoms with Crippen LogP contribution in [0.2, 0.25) is 0 Å². The average Bonchev–Trinajstić information content (AvgIpc) is 3.03. The number of rotatable bonds is 6. The second kappa shape index (κ2) is 8.09. The summed E-state index contributed by atoms with van der Waals surface area (Å²) in [7, 11) is 0. The Morgan fingerprint density at radius 3 is 2.88 bits per heavy atom. The first-order valence-electron chi connectivity index (χ1n) is 9.51. The minimum Gasteiger partial charge on any atom is -0.491 e. The SMILES string of the molecule is CCNC(=NCC(O)COc1cccc(C)c1)N1CCC2(CCC2)C1. The first-order valence-corrected chi connectivity index (χ1v) is 9.51. The third-order valence-electron chi connectivity index (χ3n) is 5.37.